The molecule has 0 saturated carbocycles. The lowest BCUT2D eigenvalue weighted by Gasteiger charge is -2.02. The minimum atomic E-state index is -0.527. The molecule has 2 heterocycles. The summed E-state index contributed by atoms with van der Waals surface area (Å²) < 4.78 is 10.7. The zero-order valence-electron chi connectivity index (χ0n) is 10.9. The molecule has 19 heavy (non-hydrogen) atoms. The minimum Gasteiger partial charge on any atom is -0.463 e. The van der Waals surface area contributed by atoms with Crippen molar-refractivity contribution in [2.75, 3.05) is 13.2 Å². The lowest BCUT2D eigenvalue weighted by Crippen LogP contribution is -2.15. The standard InChI is InChI=1S/C13H14O4S2/c1-4-16-11(14)6-17-13(15)10-5-9-7(2)18-8(3)12(9)19-10/h5H,4,6H2,1-3H3. The maximum absolute atomic E-state index is 11.8. The summed E-state index contributed by atoms with van der Waals surface area (Å²) in [5, 5.41) is 1.09. The van der Waals surface area contributed by atoms with E-state index in [2.05, 4.69) is 0 Å². The van der Waals surface area contributed by atoms with Crippen LogP contribution in [-0.2, 0) is 14.3 Å². The van der Waals surface area contributed by atoms with Gasteiger partial charge in [-0.25, -0.2) is 9.59 Å². The number of esters is 2. The third-order valence-electron chi connectivity index (χ3n) is 2.56. The van der Waals surface area contributed by atoms with Crippen LogP contribution in [0.3, 0.4) is 0 Å². The van der Waals surface area contributed by atoms with Crippen LogP contribution >= 0.6 is 22.7 Å². The van der Waals surface area contributed by atoms with Gasteiger partial charge >= 0.3 is 11.9 Å². The molecule has 6 heteroatoms. The lowest BCUT2D eigenvalue weighted by atomic mass is 10.3. The Labute approximate surface area is 118 Å². The Balaban J connectivity index is 2.09. The van der Waals surface area contributed by atoms with Crippen molar-refractivity contribution in [3.8, 4) is 0 Å². The van der Waals surface area contributed by atoms with Crippen LogP contribution in [0.15, 0.2) is 6.07 Å². The summed E-state index contributed by atoms with van der Waals surface area (Å²) in [5.41, 5.74) is 0. The molecule has 2 aromatic heterocycles. The second kappa shape index (κ2) is 5.71. The van der Waals surface area contributed by atoms with Gasteiger partial charge in [-0.15, -0.1) is 22.7 Å². The first-order valence-electron chi connectivity index (χ1n) is 5.85. The van der Waals surface area contributed by atoms with Crippen molar-refractivity contribution in [2.45, 2.75) is 20.8 Å². The van der Waals surface area contributed by atoms with E-state index in [-0.39, 0.29) is 13.2 Å². The first kappa shape index (κ1) is 14.0. The van der Waals surface area contributed by atoms with E-state index in [9.17, 15) is 9.59 Å². The van der Waals surface area contributed by atoms with Gasteiger partial charge in [-0.2, -0.15) is 0 Å². The number of hydrogen-bond acceptors (Lipinski definition) is 6. The Morgan fingerprint density at radius 2 is 1.89 bits per heavy atom. The van der Waals surface area contributed by atoms with Crippen LogP contribution in [0.25, 0.3) is 10.1 Å². The van der Waals surface area contributed by atoms with Gasteiger partial charge in [0.2, 0.25) is 0 Å². The zero-order chi connectivity index (χ0) is 14.0. The smallest absolute Gasteiger partial charge is 0.348 e. The summed E-state index contributed by atoms with van der Waals surface area (Å²) in [7, 11) is 0. The molecule has 4 nitrogen and oxygen atoms in total. The highest BCUT2D eigenvalue weighted by molar-refractivity contribution is 7.25. The van der Waals surface area contributed by atoms with Crippen molar-refractivity contribution < 1.29 is 19.1 Å². The number of carbonyl (C=O) groups is 2. The Morgan fingerprint density at radius 3 is 2.53 bits per heavy atom. The van der Waals surface area contributed by atoms with Crippen molar-refractivity contribution in [3.63, 3.8) is 0 Å². The van der Waals surface area contributed by atoms with Crippen LogP contribution < -0.4 is 0 Å². The molecule has 0 amide bonds. The molecule has 0 aliphatic carbocycles. The fraction of sp³-hybridized carbons (Fsp3) is 0.385. The highest BCUT2D eigenvalue weighted by atomic mass is 32.1. The second-order valence-corrected chi connectivity index (χ2v) is 6.43. The number of ether oxygens (including phenoxy) is 2. The highest BCUT2D eigenvalue weighted by Crippen LogP contribution is 2.36. The first-order chi connectivity index (χ1) is 9.02. The summed E-state index contributed by atoms with van der Waals surface area (Å²) in [6, 6.07) is 1.83. The summed E-state index contributed by atoms with van der Waals surface area (Å²) in [6.45, 7) is 5.71. The van der Waals surface area contributed by atoms with Crippen molar-refractivity contribution in [3.05, 3.63) is 20.7 Å². The average Bonchev–Trinajstić information content (AvgIpc) is 2.90. The van der Waals surface area contributed by atoms with Crippen molar-refractivity contribution >= 4 is 44.7 Å². The Hall–Kier alpha value is -1.40. The van der Waals surface area contributed by atoms with Gasteiger partial charge in [0.15, 0.2) is 6.61 Å². The van der Waals surface area contributed by atoms with Crippen LogP contribution in [0.1, 0.15) is 26.3 Å². The van der Waals surface area contributed by atoms with Crippen LogP contribution in [0.4, 0.5) is 0 Å². The Bertz CT molecular complexity index is 589. The molecule has 0 unspecified atom stereocenters. The van der Waals surface area contributed by atoms with E-state index in [0.717, 1.165) is 10.1 Å². The average molecular weight is 298 g/mol. The molecule has 0 bridgehead atoms. The molecule has 0 aliphatic rings. The van der Waals surface area contributed by atoms with Crippen molar-refractivity contribution in [1.82, 2.24) is 0 Å². The monoisotopic (exact) mass is 298 g/mol. The summed E-state index contributed by atoms with van der Waals surface area (Å²) in [4.78, 5) is 25.8. The minimum absolute atomic E-state index is 0.281. The molecule has 102 valence electrons. The fourth-order valence-electron chi connectivity index (χ4n) is 1.74. The van der Waals surface area contributed by atoms with Crippen LogP contribution in [-0.4, -0.2) is 25.2 Å². The molecular formula is C13H14O4S2. The number of carbonyl (C=O) groups excluding carboxylic acids is 2. The van der Waals surface area contributed by atoms with E-state index in [1.807, 2.05) is 19.9 Å². The van der Waals surface area contributed by atoms with Gasteiger partial charge in [-0.3, -0.25) is 0 Å². The molecule has 0 aliphatic heterocycles. The van der Waals surface area contributed by atoms with Gasteiger partial charge in [-0.05, 0) is 26.8 Å². The Morgan fingerprint density at radius 1 is 1.16 bits per heavy atom. The normalized spacial score (nSPS) is 10.7. The van der Waals surface area contributed by atoms with Gasteiger partial charge in [-0.1, -0.05) is 0 Å². The van der Waals surface area contributed by atoms with Gasteiger partial charge in [0, 0.05) is 19.8 Å². The topological polar surface area (TPSA) is 52.6 Å². The van der Waals surface area contributed by atoms with Gasteiger partial charge < -0.3 is 9.47 Å². The van der Waals surface area contributed by atoms with E-state index in [1.165, 1.54) is 21.1 Å². The molecule has 0 spiro atoms. The molecule has 2 aromatic rings. The maximum atomic E-state index is 11.8. The van der Waals surface area contributed by atoms with Crippen molar-refractivity contribution in [2.24, 2.45) is 0 Å². The lowest BCUT2D eigenvalue weighted by molar-refractivity contribution is -0.146. The number of hydrogen-bond donors (Lipinski definition) is 0. The van der Waals surface area contributed by atoms with E-state index in [0.29, 0.717) is 4.88 Å². The SMILES string of the molecule is CCOC(=O)COC(=O)c1cc2c(C)sc(C)c2s1. The summed E-state index contributed by atoms with van der Waals surface area (Å²) in [5.74, 6) is -1.00. The molecular weight excluding hydrogens is 284 g/mol. The molecule has 0 fully saturated rings. The first-order valence-corrected chi connectivity index (χ1v) is 7.48. The summed E-state index contributed by atoms with van der Waals surface area (Å²) in [6.07, 6.45) is 0. The largest absolute Gasteiger partial charge is 0.463 e. The van der Waals surface area contributed by atoms with Crippen LogP contribution in [0.2, 0.25) is 0 Å². The molecule has 0 aromatic carbocycles. The fourth-order valence-corrected chi connectivity index (χ4v) is 4.00. The van der Waals surface area contributed by atoms with Crippen molar-refractivity contribution in [1.29, 1.82) is 0 Å². The van der Waals surface area contributed by atoms with Gasteiger partial charge in [0.05, 0.1) is 6.61 Å². The quantitative estimate of drug-likeness (QED) is 0.813. The highest BCUT2D eigenvalue weighted by Gasteiger charge is 2.17. The number of rotatable bonds is 4. The predicted molar refractivity (Wildman–Crippen MR) is 76.1 cm³/mol. The number of aryl methyl sites for hydroxylation is 2. The van der Waals surface area contributed by atoms with E-state index in [1.54, 1.807) is 18.3 Å². The van der Waals surface area contributed by atoms with E-state index >= 15 is 0 Å². The third-order valence-corrected chi connectivity index (χ3v) is 4.97. The summed E-state index contributed by atoms with van der Waals surface area (Å²) >= 11 is 3.12. The second-order valence-electron chi connectivity index (χ2n) is 3.95. The molecule has 0 saturated heterocycles. The molecule has 0 radical (unpaired) electrons. The number of thiophene rings is 2. The van der Waals surface area contributed by atoms with E-state index in [4.69, 9.17) is 9.47 Å². The predicted octanol–water partition coefficient (Wildman–Crippen LogP) is 3.30. The Kier molecular flexibility index (Phi) is 4.21. The van der Waals surface area contributed by atoms with Gasteiger partial charge in [0.25, 0.3) is 0 Å². The molecule has 0 atom stereocenters. The van der Waals surface area contributed by atoms with E-state index < -0.39 is 11.9 Å². The van der Waals surface area contributed by atoms with Crippen LogP contribution in [0, 0.1) is 13.8 Å². The molecule has 2 rings (SSSR count). The van der Waals surface area contributed by atoms with Crippen LogP contribution in [0.5, 0.6) is 0 Å². The third kappa shape index (κ3) is 2.96. The van der Waals surface area contributed by atoms with Gasteiger partial charge in [0.1, 0.15) is 4.88 Å². The number of fused-ring (bicyclic) bond motifs is 1. The zero-order valence-corrected chi connectivity index (χ0v) is 12.6. The molecule has 0 N–H and O–H groups in total. The maximum Gasteiger partial charge on any atom is 0.348 e.